The molecule has 1 aromatic carbocycles. The first kappa shape index (κ1) is 12.0. The van der Waals surface area contributed by atoms with E-state index in [0.29, 0.717) is 5.92 Å². The van der Waals surface area contributed by atoms with Crippen molar-refractivity contribution in [2.24, 2.45) is 5.92 Å². The van der Waals surface area contributed by atoms with E-state index in [1.807, 2.05) is 13.0 Å². The lowest BCUT2D eigenvalue weighted by Crippen LogP contribution is -2.29. The molecule has 1 unspecified atom stereocenters. The van der Waals surface area contributed by atoms with Gasteiger partial charge in [0.05, 0.1) is 12.2 Å². The van der Waals surface area contributed by atoms with Gasteiger partial charge in [-0.25, -0.2) is 0 Å². The van der Waals surface area contributed by atoms with Crippen molar-refractivity contribution in [1.29, 1.82) is 0 Å². The Kier molecular flexibility index (Phi) is 3.06. The van der Waals surface area contributed by atoms with E-state index in [0.717, 1.165) is 37.2 Å². The van der Waals surface area contributed by atoms with E-state index in [-0.39, 0.29) is 0 Å². The molecule has 0 spiro atoms. The van der Waals surface area contributed by atoms with Crippen LogP contribution in [0.15, 0.2) is 18.2 Å². The zero-order valence-corrected chi connectivity index (χ0v) is 11.1. The van der Waals surface area contributed by atoms with E-state index in [4.69, 9.17) is 4.74 Å². The predicted octanol–water partition coefficient (Wildman–Crippen LogP) is 3.41. The van der Waals surface area contributed by atoms with Gasteiger partial charge in [0.25, 0.3) is 0 Å². The van der Waals surface area contributed by atoms with Gasteiger partial charge in [-0.3, -0.25) is 0 Å². The molecule has 0 aromatic heterocycles. The first-order chi connectivity index (χ1) is 8.67. The van der Waals surface area contributed by atoms with Crippen LogP contribution in [0.1, 0.15) is 50.2 Å². The Hall–Kier alpha value is -1.02. The van der Waals surface area contributed by atoms with Gasteiger partial charge in [0, 0.05) is 5.56 Å². The highest BCUT2D eigenvalue weighted by atomic mass is 16.5. The predicted molar refractivity (Wildman–Crippen MR) is 71.8 cm³/mol. The molecule has 3 rings (SSSR count). The molecule has 1 saturated carbocycles. The van der Waals surface area contributed by atoms with Gasteiger partial charge < -0.3 is 9.84 Å². The normalized spacial score (nSPS) is 22.6. The van der Waals surface area contributed by atoms with Gasteiger partial charge in [-0.15, -0.1) is 0 Å². The first-order valence-electron chi connectivity index (χ1n) is 7.14. The van der Waals surface area contributed by atoms with Gasteiger partial charge in [0.2, 0.25) is 0 Å². The molecule has 0 amide bonds. The van der Waals surface area contributed by atoms with Crippen LogP contribution >= 0.6 is 0 Å². The van der Waals surface area contributed by atoms with Crippen molar-refractivity contribution in [3.05, 3.63) is 29.3 Å². The van der Waals surface area contributed by atoms with Gasteiger partial charge in [0.1, 0.15) is 5.75 Å². The van der Waals surface area contributed by atoms with E-state index >= 15 is 0 Å². The maximum atomic E-state index is 10.8. The second-order valence-corrected chi connectivity index (χ2v) is 6.02. The minimum Gasteiger partial charge on any atom is -0.493 e. The molecule has 0 saturated heterocycles. The van der Waals surface area contributed by atoms with Crippen LogP contribution in [0.2, 0.25) is 0 Å². The summed E-state index contributed by atoms with van der Waals surface area (Å²) < 4.78 is 5.81. The van der Waals surface area contributed by atoms with E-state index in [2.05, 4.69) is 12.1 Å². The molecule has 1 aliphatic carbocycles. The molecule has 2 nitrogen and oxygen atoms in total. The Balaban J connectivity index is 1.89. The van der Waals surface area contributed by atoms with Crippen LogP contribution in [-0.4, -0.2) is 11.7 Å². The van der Waals surface area contributed by atoms with Gasteiger partial charge >= 0.3 is 0 Å². The fourth-order valence-corrected chi connectivity index (χ4v) is 3.18. The van der Waals surface area contributed by atoms with Crippen LogP contribution in [-0.2, 0) is 12.0 Å². The number of benzene rings is 1. The summed E-state index contributed by atoms with van der Waals surface area (Å²) in [4.78, 5) is 0. The van der Waals surface area contributed by atoms with Crippen molar-refractivity contribution in [3.63, 3.8) is 0 Å². The number of fused-ring (bicyclic) bond motifs is 1. The van der Waals surface area contributed by atoms with E-state index < -0.39 is 5.60 Å². The number of para-hydroxylation sites is 1. The third kappa shape index (κ3) is 2.14. The topological polar surface area (TPSA) is 29.5 Å². The average molecular weight is 246 g/mol. The number of hydrogen-bond donors (Lipinski definition) is 1. The highest BCUT2D eigenvalue weighted by Gasteiger charge is 2.33. The Morgan fingerprint density at radius 3 is 2.89 bits per heavy atom. The van der Waals surface area contributed by atoms with Crippen molar-refractivity contribution in [2.45, 2.75) is 51.0 Å². The lowest BCUT2D eigenvalue weighted by Gasteiger charge is -2.35. The van der Waals surface area contributed by atoms with Crippen LogP contribution in [0.25, 0.3) is 0 Å². The summed E-state index contributed by atoms with van der Waals surface area (Å²) in [5, 5.41) is 10.8. The monoisotopic (exact) mass is 246 g/mol. The average Bonchev–Trinajstić information content (AvgIpc) is 2.33. The third-order valence-corrected chi connectivity index (χ3v) is 4.42. The molecule has 1 aliphatic heterocycles. The van der Waals surface area contributed by atoms with Gasteiger partial charge in [0.15, 0.2) is 0 Å². The number of aliphatic hydroxyl groups is 1. The number of ether oxygens (including phenoxy) is 1. The van der Waals surface area contributed by atoms with Crippen LogP contribution in [0, 0.1) is 5.92 Å². The summed E-state index contributed by atoms with van der Waals surface area (Å²) >= 11 is 0. The number of hydrogen-bond acceptors (Lipinski definition) is 2. The highest BCUT2D eigenvalue weighted by Crippen LogP contribution is 2.42. The largest absolute Gasteiger partial charge is 0.493 e. The lowest BCUT2D eigenvalue weighted by molar-refractivity contribution is 0.0132. The first-order valence-corrected chi connectivity index (χ1v) is 7.14. The van der Waals surface area contributed by atoms with Crippen molar-refractivity contribution >= 4 is 0 Å². The lowest BCUT2D eigenvalue weighted by atomic mass is 9.75. The molecule has 0 radical (unpaired) electrons. The molecule has 1 aromatic rings. The summed E-state index contributed by atoms with van der Waals surface area (Å²) in [6, 6.07) is 6.21. The molecule has 0 bridgehead atoms. The van der Waals surface area contributed by atoms with Gasteiger partial charge in [-0.05, 0) is 37.7 Å². The van der Waals surface area contributed by atoms with Crippen molar-refractivity contribution in [1.82, 2.24) is 0 Å². The molecular formula is C16H22O2. The maximum Gasteiger partial charge on any atom is 0.128 e. The molecule has 1 fully saturated rings. The minimum atomic E-state index is -0.742. The zero-order chi connectivity index (χ0) is 12.6. The SMILES string of the molecule is CC(O)(CC1CCC1)c1cccc2c1OCCC2. The summed E-state index contributed by atoms with van der Waals surface area (Å²) in [6.45, 7) is 2.72. The van der Waals surface area contributed by atoms with Crippen LogP contribution in [0.5, 0.6) is 5.75 Å². The quantitative estimate of drug-likeness (QED) is 0.885. The summed E-state index contributed by atoms with van der Waals surface area (Å²) in [6.07, 6.45) is 6.89. The Morgan fingerprint density at radius 1 is 1.33 bits per heavy atom. The smallest absolute Gasteiger partial charge is 0.128 e. The Labute approximate surface area is 109 Å². The fourth-order valence-electron chi connectivity index (χ4n) is 3.18. The van der Waals surface area contributed by atoms with E-state index in [9.17, 15) is 5.11 Å². The summed E-state index contributed by atoms with van der Waals surface area (Å²) in [5.41, 5.74) is 1.51. The van der Waals surface area contributed by atoms with Crippen molar-refractivity contribution < 1.29 is 9.84 Å². The van der Waals surface area contributed by atoms with Gasteiger partial charge in [-0.1, -0.05) is 37.5 Å². The molecule has 2 aliphatic rings. The minimum absolute atomic E-state index is 0.694. The molecule has 18 heavy (non-hydrogen) atoms. The number of aryl methyl sites for hydroxylation is 1. The Bertz CT molecular complexity index is 433. The fraction of sp³-hybridized carbons (Fsp3) is 0.625. The summed E-state index contributed by atoms with van der Waals surface area (Å²) in [5.74, 6) is 1.65. The van der Waals surface area contributed by atoms with Crippen LogP contribution < -0.4 is 4.74 Å². The van der Waals surface area contributed by atoms with Crippen molar-refractivity contribution in [2.75, 3.05) is 6.61 Å². The third-order valence-electron chi connectivity index (χ3n) is 4.42. The Morgan fingerprint density at radius 2 is 2.17 bits per heavy atom. The molecule has 1 atom stereocenters. The van der Waals surface area contributed by atoms with E-state index in [1.54, 1.807) is 0 Å². The summed E-state index contributed by atoms with van der Waals surface area (Å²) in [7, 11) is 0. The molecule has 1 heterocycles. The number of rotatable bonds is 3. The molecular weight excluding hydrogens is 224 g/mol. The second kappa shape index (κ2) is 4.58. The zero-order valence-electron chi connectivity index (χ0n) is 11.1. The maximum absolute atomic E-state index is 10.8. The van der Waals surface area contributed by atoms with Gasteiger partial charge in [-0.2, -0.15) is 0 Å². The second-order valence-electron chi connectivity index (χ2n) is 6.02. The highest BCUT2D eigenvalue weighted by molar-refractivity contribution is 5.45. The van der Waals surface area contributed by atoms with Crippen molar-refractivity contribution in [3.8, 4) is 5.75 Å². The molecule has 98 valence electrons. The van der Waals surface area contributed by atoms with E-state index in [1.165, 1.54) is 24.8 Å². The van der Waals surface area contributed by atoms with Crippen LogP contribution in [0.3, 0.4) is 0 Å². The molecule has 1 N–H and O–H groups in total. The molecule has 2 heteroatoms. The standard InChI is InChI=1S/C16H22O2/c1-16(17,11-12-5-2-6-12)14-9-3-7-13-8-4-10-18-15(13)14/h3,7,9,12,17H,2,4-6,8,10-11H2,1H3. The van der Waals surface area contributed by atoms with Crippen LogP contribution in [0.4, 0.5) is 0 Å².